The molecule has 1 heterocycles. The molecule has 0 spiro atoms. The maximum absolute atomic E-state index is 12.7. The standard InChI is InChI=1S/C26H21ClN2O3/c1-31-20-8-10-22(26(16-20)32-2)25(30)11-6-17-4-3-5-19(14-17)29-23-12-13-28-24-15-18(27)7-9-21(23)24/h3-16H,1-2H3,(H,28,29)/b11-6+. The van der Waals surface area contributed by atoms with Gasteiger partial charge in [-0.1, -0.05) is 29.8 Å². The molecule has 0 saturated carbocycles. The van der Waals surface area contributed by atoms with Crippen LogP contribution in [-0.4, -0.2) is 25.0 Å². The maximum atomic E-state index is 12.7. The lowest BCUT2D eigenvalue weighted by Gasteiger charge is -2.10. The van der Waals surface area contributed by atoms with Gasteiger partial charge in [0.05, 0.1) is 25.3 Å². The monoisotopic (exact) mass is 444 g/mol. The Hall–Kier alpha value is -3.83. The Morgan fingerprint density at radius 1 is 1.00 bits per heavy atom. The predicted octanol–water partition coefficient (Wildman–Crippen LogP) is 6.55. The van der Waals surface area contributed by atoms with E-state index in [1.54, 1.807) is 37.6 Å². The van der Waals surface area contributed by atoms with Crippen molar-refractivity contribution in [3.8, 4) is 11.5 Å². The molecular formula is C26H21ClN2O3. The van der Waals surface area contributed by atoms with Crippen LogP contribution in [0.25, 0.3) is 17.0 Å². The number of allylic oxidation sites excluding steroid dienone is 1. The Labute approximate surface area is 191 Å². The van der Waals surface area contributed by atoms with Crippen molar-refractivity contribution in [1.29, 1.82) is 0 Å². The fourth-order valence-electron chi connectivity index (χ4n) is 3.37. The molecule has 0 amide bonds. The van der Waals surface area contributed by atoms with Gasteiger partial charge in [0.25, 0.3) is 0 Å². The van der Waals surface area contributed by atoms with Crippen LogP contribution < -0.4 is 14.8 Å². The van der Waals surface area contributed by atoms with E-state index < -0.39 is 0 Å². The third-order valence-electron chi connectivity index (χ3n) is 4.97. The lowest BCUT2D eigenvalue weighted by molar-refractivity contribution is 0.104. The molecule has 5 nitrogen and oxygen atoms in total. The Kier molecular flexibility index (Phi) is 6.38. The SMILES string of the molecule is COc1ccc(C(=O)/C=C/c2cccc(Nc3ccnc4cc(Cl)ccc34)c2)c(OC)c1. The number of halogens is 1. The van der Waals surface area contributed by atoms with Crippen molar-refractivity contribution in [2.75, 3.05) is 19.5 Å². The Morgan fingerprint density at radius 3 is 2.69 bits per heavy atom. The summed E-state index contributed by atoms with van der Waals surface area (Å²) in [5.74, 6) is 0.950. The summed E-state index contributed by atoms with van der Waals surface area (Å²) in [4.78, 5) is 17.1. The molecule has 32 heavy (non-hydrogen) atoms. The maximum Gasteiger partial charge on any atom is 0.189 e. The summed E-state index contributed by atoms with van der Waals surface area (Å²) in [5, 5.41) is 5.04. The second-order valence-corrected chi connectivity index (χ2v) is 7.47. The van der Waals surface area contributed by atoms with Gasteiger partial charge in [0, 0.05) is 34.0 Å². The second-order valence-electron chi connectivity index (χ2n) is 7.03. The Bertz CT molecular complexity index is 1320. The molecule has 0 fully saturated rings. The van der Waals surface area contributed by atoms with Gasteiger partial charge >= 0.3 is 0 Å². The number of pyridine rings is 1. The van der Waals surface area contributed by atoms with Crippen LogP contribution >= 0.6 is 11.6 Å². The largest absolute Gasteiger partial charge is 0.497 e. The van der Waals surface area contributed by atoms with Gasteiger partial charge in [-0.15, -0.1) is 0 Å². The smallest absolute Gasteiger partial charge is 0.189 e. The summed E-state index contributed by atoms with van der Waals surface area (Å²) in [6.45, 7) is 0. The first-order valence-electron chi connectivity index (χ1n) is 9.93. The average Bonchev–Trinajstić information content (AvgIpc) is 2.82. The number of hydrogen-bond acceptors (Lipinski definition) is 5. The van der Waals surface area contributed by atoms with E-state index in [4.69, 9.17) is 21.1 Å². The van der Waals surface area contributed by atoms with Crippen LogP contribution in [0.3, 0.4) is 0 Å². The number of ether oxygens (including phenoxy) is 2. The molecule has 0 aliphatic rings. The topological polar surface area (TPSA) is 60.5 Å². The molecule has 0 unspecified atom stereocenters. The number of hydrogen-bond donors (Lipinski definition) is 1. The summed E-state index contributed by atoms with van der Waals surface area (Å²) in [6, 6.07) is 20.5. The van der Waals surface area contributed by atoms with E-state index in [-0.39, 0.29) is 5.78 Å². The lowest BCUT2D eigenvalue weighted by Crippen LogP contribution is -1.99. The van der Waals surface area contributed by atoms with Crippen molar-refractivity contribution < 1.29 is 14.3 Å². The fourth-order valence-corrected chi connectivity index (χ4v) is 3.54. The van der Waals surface area contributed by atoms with Crippen LogP contribution in [0.5, 0.6) is 11.5 Å². The fraction of sp³-hybridized carbons (Fsp3) is 0.0769. The molecule has 1 N–H and O–H groups in total. The van der Waals surface area contributed by atoms with Gasteiger partial charge in [0.2, 0.25) is 0 Å². The zero-order valence-electron chi connectivity index (χ0n) is 17.6. The zero-order valence-corrected chi connectivity index (χ0v) is 18.4. The Balaban J connectivity index is 1.55. The van der Waals surface area contributed by atoms with E-state index in [1.165, 1.54) is 13.2 Å². The van der Waals surface area contributed by atoms with E-state index in [1.807, 2.05) is 48.5 Å². The van der Waals surface area contributed by atoms with Gasteiger partial charge in [-0.05, 0) is 60.2 Å². The molecule has 0 bridgehead atoms. The van der Waals surface area contributed by atoms with Crippen molar-refractivity contribution >= 4 is 45.7 Å². The molecule has 0 aliphatic heterocycles. The highest BCUT2D eigenvalue weighted by Gasteiger charge is 2.11. The molecule has 4 aromatic rings. The molecular weight excluding hydrogens is 424 g/mol. The molecule has 6 heteroatoms. The second kappa shape index (κ2) is 9.54. The van der Waals surface area contributed by atoms with E-state index in [0.29, 0.717) is 22.1 Å². The van der Waals surface area contributed by atoms with Gasteiger partial charge in [-0.25, -0.2) is 0 Å². The number of carbonyl (C=O) groups excluding carboxylic acids is 1. The molecule has 1 aromatic heterocycles. The number of anilines is 2. The highest BCUT2D eigenvalue weighted by Crippen LogP contribution is 2.28. The van der Waals surface area contributed by atoms with Crippen LogP contribution in [0, 0.1) is 0 Å². The molecule has 0 aliphatic carbocycles. The third-order valence-corrected chi connectivity index (χ3v) is 5.21. The number of nitrogens with one attached hydrogen (secondary N) is 1. The summed E-state index contributed by atoms with van der Waals surface area (Å²) < 4.78 is 10.5. The van der Waals surface area contributed by atoms with E-state index in [2.05, 4.69) is 10.3 Å². The molecule has 4 rings (SSSR count). The predicted molar refractivity (Wildman–Crippen MR) is 129 cm³/mol. The van der Waals surface area contributed by atoms with Crippen molar-refractivity contribution in [3.63, 3.8) is 0 Å². The normalized spacial score (nSPS) is 11.0. The van der Waals surface area contributed by atoms with Crippen LogP contribution in [0.15, 0.2) is 79.0 Å². The van der Waals surface area contributed by atoms with E-state index in [9.17, 15) is 4.79 Å². The summed E-state index contributed by atoms with van der Waals surface area (Å²) in [6.07, 6.45) is 5.06. The first-order chi connectivity index (χ1) is 15.6. The van der Waals surface area contributed by atoms with E-state index >= 15 is 0 Å². The minimum atomic E-state index is -0.153. The van der Waals surface area contributed by atoms with Gasteiger partial charge < -0.3 is 14.8 Å². The molecule has 0 saturated heterocycles. The zero-order chi connectivity index (χ0) is 22.5. The number of rotatable bonds is 7. The number of benzene rings is 3. The summed E-state index contributed by atoms with van der Waals surface area (Å²) in [7, 11) is 3.10. The van der Waals surface area contributed by atoms with Gasteiger partial charge in [0.15, 0.2) is 5.78 Å². The minimum absolute atomic E-state index is 0.153. The van der Waals surface area contributed by atoms with Crippen molar-refractivity contribution in [1.82, 2.24) is 4.98 Å². The van der Waals surface area contributed by atoms with Crippen LogP contribution in [0.4, 0.5) is 11.4 Å². The first kappa shape index (κ1) is 21.4. The van der Waals surface area contributed by atoms with E-state index in [0.717, 1.165) is 27.8 Å². The first-order valence-corrected chi connectivity index (χ1v) is 10.3. The lowest BCUT2D eigenvalue weighted by atomic mass is 10.1. The molecule has 0 atom stereocenters. The Morgan fingerprint density at radius 2 is 1.88 bits per heavy atom. The minimum Gasteiger partial charge on any atom is -0.497 e. The third kappa shape index (κ3) is 4.74. The highest BCUT2D eigenvalue weighted by atomic mass is 35.5. The number of carbonyl (C=O) groups is 1. The van der Waals surface area contributed by atoms with Crippen LogP contribution in [-0.2, 0) is 0 Å². The molecule has 160 valence electrons. The van der Waals surface area contributed by atoms with Gasteiger partial charge in [-0.3, -0.25) is 9.78 Å². The van der Waals surface area contributed by atoms with Crippen LogP contribution in [0.2, 0.25) is 5.02 Å². The van der Waals surface area contributed by atoms with Crippen LogP contribution in [0.1, 0.15) is 15.9 Å². The van der Waals surface area contributed by atoms with Gasteiger partial charge in [-0.2, -0.15) is 0 Å². The summed E-state index contributed by atoms with van der Waals surface area (Å²) in [5.41, 5.74) is 3.99. The van der Waals surface area contributed by atoms with Crippen molar-refractivity contribution in [2.45, 2.75) is 0 Å². The highest BCUT2D eigenvalue weighted by molar-refractivity contribution is 6.31. The quantitative estimate of drug-likeness (QED) is 0.259. The van der Waals surface area contributed by atoms with Crippen molar-refractivity contribution in [3.05, 3.63) is 95.2 Å². The average molecular weight is 445 g/mol. The number of methoxy groups -OCH3 is 2. The van der Waals surface area contributed by atoms with Gasteiger partial charge in [0.1, 0.15) is 11.5 Å². The summed E-state index contributed by atoms with van der Waals surface area (Å²) >= 11 is 6.08. The number of fused-ring (bicyclic) bond motifs is 1. The number of aromatic nitrogens is 1. The molecule has 3 aromatic carbocycles. The number of ketones is 1. The molecule has 0 radical (unpaired) electrons. The van der Waals surface area contributed by atoms with Crippen molar-refractivity contribution in [2.24, 2.45) is 0 Å². The number of nitrogens with zero attached hydrogens (tertiary/aromatic N) is 1.